The number of hydrogen-bond acceptors (Lipinski definition) is 3. The van der Waals surface area contributed by atoms with Crippen molar-refractivity contribution in [2.24, 2.45) is 0 Å². The summed E-state index contributed by atoms with van der Waals surface area (Å²) >= 11 is 0. The monoisotopic (exact) mass is 351 g/mol. The van der Waals surface area contributed by atoms with Crippen molar-refractivity contribution >= 4 is 11.6 Å². The molecule has 0 spiro atoms. The van der Waals surface area contributed by atoms with Crippen LogP contribution in [0.3, 0.4) is 0 Å². The normalized spacial score (nSPS) is 19.0. The molecule has 0 radical (unpaired) electrons. The van der Waals surface area contributed by atoms with Crippen LogP contribution in [0.1, 0.15) is 47.2 Å². The molecular weight excluding hydrogens is 326 g/mol. The molecule has 0 unspecified atom stereocenters. The number of amides is 1. The Bertz CT molecular complexity index is 763. The number of nitrogens with one attached hydrogen (secondary N) is 1. The lowest BCUT2D eigenvalue weighted by molar-refractivity contribution is 0.0679. The Balaban J connectivity index is 1.39. The summed E-state index contributed by atoms with van der Waals surface area (Å²) in [6.07, 6.45) is 6.94. The van der Waals surface area contributed by atoms with Crippen molar-refractivity contribution in [3.8, 4) is 5.75 Å². The smallest absolute Gasteiger partial charge is 0.255 e. The average Bonchev–Trinajstić information content (AvgIpc) is 3.21. The van der Waals surface area contributed by atoms with Gasteiger partial charge in [0, 0.05) is 17.9 Å². The van der Waals surface area contributed by atoms with E-state index < -0.39 is 0 Å². The summed E-state index contributed by atoms with van der Waals surface area (Å²) < 4.78 is 11.3. The second kappa shape index (κ2) is 7.92. The first kappa shape index (κ1) is 17.1. The van der Waals surface area contributed by atoms with Gasteiger partial charge in [-0.15, -0.1) is 0 Å². The molecule has 1 fully saturated rings. The molecule has 2 aromatic rings. The Morgan fingerprint density at radius 3 is 2.73 bits per heavy atom. The predicted octanol–water partition coefficient (Wildman–Crippen LogP) is 4.38. The first-order valence-electron chi connectivity index (χ1n) is 9.56. The van der Waals surface area contributed by atoms with E-state index in [1.54, 1.807) is 0 Å². The standard InChI is InChI=1S/C22H25NO3/c24-22(23-21-9-3-6-16-5-1-2-8-20(16)21)17-10-12-18(13-11-17)26-15-19-7-4-14-25-19/h3,6,9-13,19H,1-2,4-5,7-8,14-15H2,(H,23,24)/t19-/m0/s1. The molecule has 1 saturated heterocycles. The summed E-state index contributed by atoms with van der Waals surface area (Å²) in [6, 6.07) is 13.5. The average molecular weight is 351 g/mol. The molecule has 0 bridgehead atoms. The number of ether oxygens (including phenoxy) is 2. The fourth-order valence-corrected chi connectivity index (χ4v) is 3.76. The van der Waals surface area contributed by atoms with Crippen molar-refractivity contribution in [2.75, 3.05) is 18.5 Å². The van der Waals surface area contributed by atoms with Crippen LogP contribution in [0.5, 0.6) is 5.75 Å². The van der Waals surface area contributed by atoms with E-state index in [-0.39, 0.29) is 12.0 Å². The predicted molar refractivity (Wildman–Crippen MR) is 102 cm³/mol. The van der Waals surface area contributed by atoms with Crippen LogP contribution in [0, 0.1) is 0 Å². The van der Waals surface area contributed by atoms with E-state index in [1.165, 1.54) is 24.0 Å². The fourth-order valence-electron chi connectivity index (χ4n) is 3.76. The van der Waals surface area contributed by atoms with Gasteiger partial charge in [0.2, 0.25) is 0 Å². The molecule has 4 nitrogen and oxygen atoms in total. The van der Waals surface area contributed by atoms with Gasteiger partial charge in [-0.25, -0.2) is 0 Å². The van der Waals surface area contributed by atoms with E-state index in [9.17, 15) is 4.79 Å². The lowest BCUT2D eigenvalue weighted by atomic mass is 9.90. The second-order valence-corrected chi connectivity index (χ2v) is 7.07. The van der Waals surface area contributed by atoms with Crippen molar-refractivity contribution in [3.05, 3.63) is 59.2 Å². The van der Waals surface area contributed by atoms with Crippen molar-refractivity contribution in [2.45, 2.75) is 44.6 Å². The van der Waals surface area contributed by atoms with Crippen molar-refractivity contribution in [3.63, 3.8) is 0 Å². The minimum Gasteiger partial charge on any atom is -0.491 e. The van der Waals surface area contributed by atoms with Gasteiger partial charge >= 0.3 is 0 Å². The van der Waals surface area contributed by atoms with Gasteiger partial charge in [0.1, 0.15) is 12.4 Å². The Kier molecular flexibility index (Phi) is 5.21. The van der Waals surface area contributed by atoms with Gasteiger partial charge in [-0.2, -0.15) is 0 Å². The Morgan fingerprint density at radius 2 is 1.92 bits per heavy atom. The van der Waals surface area contributed by atoms with Crippen LogP contribution in [0.25, 0.3) is 0 Å². The molecule has 2 aliphatic rings. The third-order valence-corrected chi connectivity index (χ3v) is 5.22. The summed E-state index contributed by atoms with van der Waals surface area (Å²) in [7, 11) is 0. The number of aryl methyl sites for hydroxylation is 1. The highest BCUT2D eigenvalue weighted by Crippen LogP contribution is 2.28. The summed E-state index contributed by atoms with van der Waals surface area (Å²) in [6.45, 7) is 1.40. The van der Waals surface area contributed by atoms with Crippen molar-refractivity contribution in [1.29, 1.82) is 0 Å². The lowest BCUT2D eigenvalue weighted by Crippen LogP contribution is -2.17. The van der Waals surface area contributed by atoms with Gasteiger partial charge in [0.25, 0.3) is 5.91 Å². The Morgan fingerprint density at radius 1 is 1.08 bits per heavy atom. The molecule has 4 heteroatoms. The fraction of sp³-hybridized carbons (Fsp3) is 0.409. The van der Waals surface area contributed by atoms with Crippen LogP contribution in [0.2, 0.25) is 0 Å². The molecule has 1 atom stereocenters. The van der Waals surface area contributed by atoms with Crippen LogP contribution < -0.4 is 10.1 Å². The number of fused-ring (bicyclic) bond motifs is 1. The SMILES string of the molecule is O=C(Nc1cccc2c1CCCC2)c1ccc(OC[C@@H]2CCCO2)cc1. The van der Waals surface area contributed by atoms with Crippen LogP contribution in [-0.2, 0) is 17.6 Å². The number of anilines is 1. The minimum absolute atomic E-state index is 0.0744. The number of benzene rings is 2. The second-order valence-electron chi connectivity index (χ2n) is 7.07. The molecule has 26 heavy (non-hydrogen) atoms. The van der Waals surface area contributed by atoms with E-state index in [1.807, 2.05) is 36.4 Å². The van der Waals surface area contributed by atoms with Crippen LogP contribution in [-0.4, -0.2) is 25.2 Å². The molecule has 1 N–H and O–H groups in total. The quantitative estimate of drug-likeness (QED) is 0.870. The Hall–Kier alpha value is -2.33. The summed E-state index contributed by atoms with van der Waals surface area (Å²) in [5.74, 6) is 0.698. The number of carbonyl (C=O) groups is 1. The van der Waals surface area contributed by atoms with E-state index >= 15 is 0 Å². The maximum atomic E-state index is 12.6. The largest absolute Gasteiger partial charge is 0.491 e. The zero-order valence-electron chi connectivity index (χ0n) is 15.0. The maximum absolute atomic E-state index is 12.6. The van der Waals surface area contributed by atoms with E-state index in [4.69, 9.17) is 9.47 Å². The van der Waals surface area contributed by atoms with Gasteiger partial charge in [-0.1, -0.05) is 12.1 Å². The molecule has 2 aromatic carbocycles. The number of hydrogen-bond donors (Lipinski definition) is 1. The van der Waals surface area contributed by atoms with Gasteiger partial charge in [-0.3, -0.25) is 4.79 Å². The van der Waals surface area contributed by atoms with Gasteiger partial charge in [0.15, 0.2) is 0 Å². The summed E-state index contributed by atoms with van der Waals surface area (Å²) in [4.78, 5) is 12.6. The van der Waals surface area contributed by atoms with Crippen LogP contribution in [0.15, 0.2) is 42.5 Å². The van der Waals surface area contributed by atoms with Crippen LogP contribution in [0.4, 0.5) is 5.69 Å². The first-order chi connectivity index (χ1) is 12.8. The highest BCUT2D eigenvalue weighted by atomic mass is 16.5. The van der Waals surface area contributed by atoms with Gasteiger partial charge < -0.3 is 14.8 Å². The van der Waals surface area contributed by atoms with Gasteiger partial charge in [0.05, 0.1) is 6.10 Å². The molecule has 1 aliphatic carbocycles. The molecule has 1 heterocycles. The molecule has 4 rings (SSSR count). The molecule has 0 saturated carbocycles. The zero-order chi connectivity index (χ0) is 17.8. The van der Waals surface area contributed by atoms with E-state index in [2.05, 4.69) is 11.4 Å². The first-order valence-corrected chi connectivity index (χ1v) is 9.56. The van der Waals surface area contributed by atoms with E-state index in [0.717, 1.165) is 43.7 Å². The zero-order valence-corrected chi connectivity index (χ0v) is 15.0. The number of rotatable bonds is 5. The van der Waals surface area contributed by atoms with Crippen LogP contribution >= 0.6 is 0 Å². The number of carbonyl (C=O) groups excluding carboxylic acids is 1. The maximum Gasteiger partial charge on any atom is 0.255 e. The van der Waals surface area contributed by atoms with Crippen molar-refractivity contribution in [1.82, 2.24) is 0 Å². The highest BCUT2D eigenvalue weighted by Gasteiger charge is 2.17. The van der Waals surface area contributed by atoms with Crippen molar-refractivity contribution < 1.29 is 14.3 Å². The minimum atomic E-state index is -0.0744. The van der Waals surface area contributed by atoms with E-state index in [0.29, 0.717) is 12.2 Å². The highest BCUT2D eigenvalue weighted by molar-refractivity contribution is 6.04. The Labute approximate surface area is 154 Å². The molecule has 1 amide bonds. The third-order valence-electron chi connectivity index (χ3n) is 5.22. The molecule has 0 aromatic heterocycles. The summed E-state index contributed by atoms with van der Waals surface area (Å²) in [5, 5.41) is 3.08. The molecule has 136 valence electrons. The molecule has 1 aliphatic heterocycles. The third kappa shape index (κ3) is 3.91. The topological polar surface area (TPSA) is 47.6 Å². The molecular formula is C22H25NO3. The lowest BCUT2D eigenvalue weighted by Gasteiger charge is -2.19. The van der Waals surface area contributed by atoms with Gasteiger partial charge in [-0.05, 0) is 80.0 Å². The summed E-state index contributed by atoms with van der Waals surface area (Å²) in [5.41, 5.74) is 4.25.